The number of ether oxygens (including phenoxy) is 2. The number of fused-ring (bicyclic) bond motifs is 1. The summed E-state index contributed by atoms with van der Waals surface area (Å²) in [6, 6.07) is 24.9. The third kappa shape index (κ3) is 5.23. The Bertz CT molecular complexity index is 1560. The Hall–Kier alpha value is -4.07. The van der Waals surface area contributed by atoms with Gasteiger partial charge in [-0.05, 0) is 76.1 Å². The highest BCUT2D eigenvalue weighted by Gasteiger charge is 2.35. The zero-order valence-corrected chi connectivity index (χ0v) is 21.2. The molecule has 1 saturated heterocycles. The molecule has 5 rings (SSSR count). The van der Waals surface area contributed by atoms with Crippen molar-refractivity contribution in [2.24, 2.45) is 0 Å². The van der Waals surface area contributed by atoms with E-state index in [2.05, 4.69) is 0 Å². The number of carbonyl (C=O) groups excluding carboxylic acids is 3. The van der Waals surface area contributed by atoms with Crippen LogP contribution in [0.2, 0.25) is 5.02 Å². The lowest BCUT2D eigenvalue weighted by Crippen LogP contribution is -2.27. The van der Waals surface area contributed by atoms with E-state index in [4.69, 9.17) is 21.1 Å². The van der Waals surface area contributed by atoms with E-state index in [0.717, 1.165) is 28.1 Å². The SMILES string of the molecule is COc1ccc(/C=C2\SC(=O)N(Cc3cccc4ccccc34)C2=O)cc1OC(=O)c1ccc(Cl)cc1. The maximum atomic E-state index is 13.2. The van der Waals surface area contributed by atoms with Crippen LogP contribution in [0.1, 0.15) is 21.5 Å². The summed E-state index contributed by atoms with van der Waals surface area (Å²) < 4.78 is 10.9. The molecule has 0 bridgehead atoms. The fraction of sp³-hybridized carbons (Fsp3) is 0.0690. The number of imide groups is 1. The number of carbonyl (C=O) groups is 3. The van der Waals surface area contributed by atoms with E-state index in [1.807, 2.05) is 42.5 Å². The van der Waals surface area contributed by atoms with Crippen molar-refractivity contribution in [3.05, 3.63) is 112 Å². The van der Waals surface area contributed by atoms with Gasteiger partial charge in [-0.3, -0.25) is 14.5 Å². The fourth-order valence-corrected chi connectivity index (χ4v) is 4.96. The maximum absolute atomic E-state index is 13.2. The van der Waals surface area contributed by atoms with Crippen LogP contribution in [0.3, 0.4) is 0 Å². The van der Waals surface area contributed by atoms with Gasteiger partial charge in [-0.25, -0.2) is 4.79 Å². The van der Waals surface area contributed by atoms with Crippen LogP contribution in [-0.2, 0) is 11.3 Å². The smallest absolute Gasteiger partial charge is 0.343 e. The van der Waals surface area contributed by atoms with Crippen molar-refractivity contribution in [3.8, 4) is 11.5 Å². The highest BCUT2D eigenvalue weighted by molar-refractivity contribution is 8.18. The number of methoxy groups -OCH3 is 1. The average molecular weight is 530 g/mol. The molecule has 1 fully saturated rings. The molecule has 4 aromatic carbocycles. The van der Waals surface area contributed by atoms with Gasteiger partial charge in [0.15, 0.2) is 11.5 Å². The van der Waals surface area contributed by atoms with Crippen molar-refractivity contribution in [2.45, 2.75) is 6.54 Å². The van der Waals surface area contributed by atoms with Crippen molar-refractivity contribution in [2.75, 3.05) is 7.11 Å². The summed E-state index contributed by atoms with van der Waals surface area (Å²) in [5.41, 5.74) is 1.80. The largest absolute Gasteiger partial charge is 0.493 e. The summed E-state index contributed by atoms with van der Waals surface area (Å²) in [5, 5.41) is 2.20. The lowest BCUT2D eigenvalue weighted by Gasteiger charge is -2.14. The summed E-state index contributed by atoms with van der Waals surface area (Å²) in [4.78, 5) is 40.0. The molecule has 0 aliphatic carbocycles. The molecule has 4 aromatic rings. The molecular weight excluding hydrogens is 510 g/mol. The number of thioether (sulfide) groups is 1. The van der Waals surface area contributed by atoms with Gasteiger partial charge < -0.3 is 9.47 Å². The summed E-state index contributed by atoms with van der Waals surface area (Å²) in [6.45, 7) is 0.177. The predicted octanol–water partition coefficient (Wildman–Crippen LogP) is 6.96. The lowest BCUT2D eigenvalue weighted by molar-refractivity contribution is -0.123. The van der Waals surface area contributed by atoms with Gasteiger partial charge in [0, 0.05) is 5.02 Å². The Morgan fingerprint density at radius 1 is 0.946 bits per heavy atom. The highest BCUT2D eigenvalue weighted by atomic mass is 35.5. The molecule has 184 valence electrons. The van der Waals surface area contributed by atoms with E-state index in [-0.39, 0.29) is 28.3 Å². The molecule has 1 heterocycles. The summed E-state index contributed by atoms with van der Waals surface area (Å²) >= 11 is 6.77. The minimum Gasteiger partial charge on any atom is -0.493 e. The molecule has 6 nitrogen and oxygen atoms in total. The first-order valence-electron chi connectivity index (χ1n) is 11.3. The number of hydrogen-bond donors (Lipinski definition) is 0. The average Bonchev–Trinajstić information content (AvgIpc) is 3.16. The zero-order valence-electron chi connectivity index (χ0n) is 19.6. The number of nitrogens with zero attached hydrogens (tertiary/aromatic N) is 1. The number of hydrogen-bond acceptors (Lipinski definition) is 6. The van der Waals surface area contributed by atoms with Crippen LogP contribution >= 0.6 is 23.4 Å². The van der Waals surface area contributed by atoms with Gasteiger partial charge in [0.2, 0.25) is 0 Å². The Kier molecular flexibility index (Phi) is 6.99. The van der Waals surface area contributed by atoms with Crippen molar-refractivity contribution >= 4 is 57.3 Å². The van der Waals surface area contributed by atoms with E-state index in [0.29, 0.717) is 21.9 Å². The molecule has 0 atom stereocenters. The maximum Gasteiger partial charge on any atom is 0.343 e. The molecule has 8 heteroatoms. The van der Waals surface area contributed by atoms with Crippen molar-refractivity contribution in [1.82, 2.24) is 4.90 Å². The normalized spacial score (nSPS) is 14.4. The summed E-state index contributed by atoms with van der Waals surface area (Å²) in [6.07, 6.45) is 1.60. The molecule has 0 radical (unpaired) electrons. The van der Waals surface area contributed by atoms with Crippen molar-refractivity contribution in [3.63, 3.8) is 0 Å². The Balaban J connectivity index is 1.38. The van der Waals surface area contributed by atoms with Crippen molar-refractivity contribution < 1.29 is 23.9 Å². The Morgan fingerprint density at radius 3 is 2.49 bits per heavy atom. The van der Waals surface area contributed by atoms with Crippen LogP contribution < -0.4 is 9.47 Å². The third-order valence-electron chi connectivity index (χ3n) is 5.85. The van der Waals surface area contributed by atoms with Gasteiger partial charge >= 0.3 is 5.97 Å². The molecule has 0 unspecified atom stereocenters. The van der Waals surface area contributed by atoms with E-state index < -0.39 is 5.97 Å². The molecule has 37 heavy (non-hydrogen) atoms. The van der Waals surface area contributed by atoms with Crippen LogP contribution in [0.15, 0.2) is 89.8 Å². The van der Waals surface area contributed by atoms with E-state index in [9.17, 15) is 14.4 Å². The topological polar surface area (TPSA) is 72.9 Å². The van der Waals surface area contributed by atoms with Gasteiger partial charge in [-0.2, -0.15) is 0 Å². The molecule has 0 saturated carbocycles. The number of esters is 1. The van der Waals surface area contributed by atoms with Crippen LogP contribution in [0, 0.1) is 0 Å². The molecule has 1 aliphatic rings. The number of amides is 2. The second kappa shape index (κ2) is 10.5. The first-order valence-corrected chi connectivity index (χ1v) is 12.5. The Labute approximate surface area is 222 Å². The quantitative estimate of drug-likeness (QED) is 0.153. The van der Waals surface area contributed by atoms with Crippen LogP contribution in [0.25, 0.3) is 16.8 Å². The summed E-state index contributed by atoms with van der Waals surface area (Å²) in [7, 11) is 1.47. The fourth-order valence-electron chi connectivity index (χ4n) is 4.00. The van der Waals surface area contributed by atoms with E-state index >= 15 is 0 Å². The monoisotopic (exact) mass is 529 g/mol. The highest BCUT2D eigenvalue weighted by Crippen LogP contribution is 2.36. The molecule has 0 N–H and O–H groups in total. The van der Waals surface area contributed by atoms with Gasteiger partial charge in [-0.1, -0.05) is 60.1 Å². The minimum atomic E-state index is -0.581. The third-order valence-corrected chi connectivity index (χ3v) is 7.01. The van der Waals surface area contributed by atoms with Gasteiger partial charge in [0.25, 0.3) is 11.1 Å². The van der Waals surface area contributed by atoms with Gasteiger partial charge in [0.1, 0.15) is 0 Å². The number of benzene rings is 4. The molecule has 2 amide bonds. The molecule has 0 spiro atoms. The van der Waals surface area contributed by atoms with Crippen LogP contribution in [0.4, 0.5) is 4.79 Å². The molecule has 0 aromatic heterocycles. The second-order valence-corrected chi connectivity index (χ2v) is 9.64. The second-order valence-electron chi connectivity index (χ2n) is 8.21. The van der Waals surface area contributed by atoms with Crippen LogP contribution in [-0.4, -0.2) is 29.1 Å². The van der Waals surface area contributed by atoms with Gasteiger partial charge in [0.05, 0.1) is 24.1 Å². The van der Waals surface area contributed by atoms with Crippen molar-refractivity contribution in [1.29, 1.82) is 0 Å². The number of halogens is 1. The van der Waals surface area contributed by atoms with E-state index in [1.165, 1.54) is 12.0 Å². The number of rotatable bonds is 6. The zero-order chi connectivity index (χ0) is 25.9. The first kappa shape index (κ1) is 24.6. The van der Waals surface area contributed by atoms with Gasteiger partial charge in [-0.15, -0.1) is 0 Å². The standard InChI is InChI=1S/C29H20ClNO5S/c1-35-24-14-9-18(15-25(24)36-28(33)20-10-12-22(30)13-11-20)16-26-27(32)31(29(34)37-26)17-21-7-4-6-19-5-2-3-8-23(19)21/h2-16H,17H2,1H3/b26-16-. The predicted molar refractivity (Wildman–Crippen MR) is 145 cm³/mol. The van der Waals surface area contributed by atoms with E-state index in [1.54, 1.807) is 48.5 Å². The first-order chi connectivity index (χ1) is 17.9. The summed E-state index contributed by atoms with van der Waals surface area (Å²) in [5.74, 6) is -0.421. The molecular formula is C29H20ClNO5S. The molecule has 1 aliphatic heterocycles. The Morgan fingerprint density at radius 2 is 1.70 bits per heavy atom. The minimum absolute atomic E-state index is 0.177. The van der Waals surface area contributed by atoms with Crippen LogP contribution in [0.5, 0.6) is 11.5 Å². The lowest BCUT2D eigenvalue weighted by atomic mass is 10.0.